The lowest BCUT2D eigenvalue weighted by atomic mass is 9.94. The van der Waals surface area contributed by atoms with Crippen molar-refractivity contribution in [3.05, 3.63) is 24.8 Å². The van der Waals surface area contributed by atoms with Gasteiger partial charge in [0.1, 0.15) is 0 Å². The molecule has 0 spiro atoms. The summed E-state index contributed by atoms with van der Waals surface area (Å²) < 4.78 is 0. The number of rotatable bonds is 2. The van der Waals surface area contributed by atoms with Gasteiger partial charge in [0, 0.05) is 5.54 Å². The molecule has 0 heterocycles. The summed E-state index contributed by atoms with van der Waals surface area (Å²) in [4.78, 5) is 0. The normalized spacial score (nSPS) is 22.3. The van der Waals surface area contributed by atoms with E-state index in [0.29, 0.717) is 0 Å². The highest BCUT2D eigenvalue weighted by atomic mass is 14.7. The van der Waals surface area contributed by atoms with Gasteiger partial charge in [0.25, 0.3) is 0 Å². The van der Waals surface area contributed by atoms with E-state index in [-0.39, 0.29) is 5.54 Å². The van der Waals surface area contributed by atoms with E-state index < -0.39 is 0 Å². The standard InChI is InChI=1S/C8H13N/c1-2-5-8(9)6-3-4-7-8/h2-4H,1,5-7,9H2. The molecule has 1 nitrogen and oxygen atoms in total. The number of hydrogen-bond donors (Lipinski definition) is 1. The smallest absolute Gasteiger partial charge is 0.0258 e. The molecule has 0 aromatic carbocycles. The Morgan fingerprint density at radius 3 is 2.56 bits per heavy atom. The molecule has 0 amide bonds. The van der Waals surface area contributed by atoms with Crippen LogP contribution in [0.3, 0.4) is 0 Å². The van der Waals surface area contributed by atoms with Crippen LogP contribution in [0.4, 0.5) is 0 Å². The van der Waals surface area contributed by atoms with Crippen molar-refractivity contribution in [2.75, 3.05) is 0 Å². The molecule has 0 radical (unpaired) electrons. The number of hydrogen-bond acceptors (Lipinski definition) is 1. The molecule has 0 aromatic heterocycles. The minimum Gasteiger partial charge on any atom is -0.324 e. The van der Waals surface area contributed by atoms with E-state index in [0.717, 1.165) is 19.3 Å². The molecule has 0 bridgehead atoms. The summed E-state index contributed by atoms with van der Waals surface area (Å²) in [5.74, 6) is 0. The highest BCUT2D eigenvalue weighted by Gasteiger charge is 2.23. The molecule has 1 aliphatic carbocycles. The van der Waals surface area contributed by atoms with Gasteiger partial charge in [0.2, 0.25) is 0 Å². The molecule has 1 rings (SSSR count). The molecule has 50 valence electrons. The molecule has 0 saturated carbocycles. The Morgan fingerprint density at radius 1 is 1.56 bits per heavy atom. The third-order valence-electron chi connectivity index (χ3n) is 1.77. The van der Waals surface area contributed by atoms with Crippen molar-refractivity contribution in [3.8, 4) is 0 Å². The lowest BCUT2D eigenvalue weighted by molar-refractivity contribution is 0.462. The van der Waals surface area contributed by atoms with Gasteiger partial charge in [-0.05, 0) is 19.3 Å². The first-order chi connectivity index (χ1) is 4.27. The van der Waals surface area contributed by atoms with E-state index in [1.54, 1.807) is 0 Å². The van der Waals surface area contributed by atoms with Gasteiger partial charge in [0.05, 0.1) is 0 Å². The molecule has 0 aliphatic heterocycles. The van der Waals surface area contributed by atoms with Gasteiger partial charge in [-0.25, -0.2) is 0 Å². The predicted molar refractivity (Wildman–Crippen MR) is 40.1 cm³/mol. The summed E-state index contributed by atoms with van der Waals surface area (Å²) in [5, 5.41) is 0. The third-order valence-corrected chi connectivity index (χ3v) is 1.77. The maximum atomic E-state index is 5.94. The Hall–Kier alpha value is -0.560. The molecule has 0 atom stereocenters. The van der Waals surface area contributed by atoms with Crippen LogP contribution in [0.25, 0.3) is 0 Å². The zero-order chi connectivity index (χ0) is 6.74. The molecule has 1 aliphatic rings. The average Bonchev–Trinajstić information content (AvgIpc) is 2.16. The average molecular weight is 123 g/mol. The van der Waals surface area contributed by atoms with Crippen LogP contribution in [-0.4, -0.2) is 5.54 Å². The first-order valence-corrected chi connectivity index (χ1v) is 3.32. The predicted octanol–water partition coefficient (Wildman–Crippen LogP) is 1.61. The zero-order valence-corrected chi connectivity index (χ0v) is 5.64. The summed E-state index contributed by atoms with van der Waals surface area (Å²) in [7, 11) is 0. The van der Waals surface area contributed by atoms with Gasteiger partial charge in [-0.15, -0.1) is 6.58 Å². The largest absolute Gasteiger partial charge is 0.324 e. The quantitative estimate of drug-likeness (QED) is 0.555. The second-order valence-corrected chi connectivity index (χ2v) is 2.73. The van der Waals surface area contributed by atoms with Gasteiger partial charge >= 0.3 is 0 Å². The van der Waals surface area contributed by atoms with Crippen molar-refractivity contribution in [1.82, 2.24) is 0 Å². The Kier molecular flexibility index (Phi) is 1.72. The van der Waals surface area contributed by atoms with Crippen LogP contribution < -0.4 is 5.73 Å². The minimum absolute atomic E-state index is 0.0156. The zero-order valence-electron chi connectivity index (χ0n) is 5.64. The molecule has 1 heteroatoms. The van der Waals surface area contributed by atoms with Crippen molar-refractivity contribution < 1.29 is 0 Å². The lowest BCUT2D eigenvalue weighted by Crippen LogP contribution is -2.35. The Bertz CT molecular complexity index is 128. The van der Waals surface area contributed by atoms with Gasteiger partial charge in [0.15, 0.2) is 0 Å². The lowest BCUT2D eigenvalue weighted by Gasteiger charge is -2.20. The van der Waals surface area contributed by atoms with Crippen LogP contribution in [0.2, 0.25) is 0 Å². The highest BCUT2D eigenvalue weighted by Crippen LogP contribution is 2.23. The second kappa shape index (κ2) is 2.36. The van der Waals surface area contributed by atoms with Crippen molar-refractivity contribution in [1.29, 1.82) is 0 Å². The fourth-order valence-corrected chi connectivity index (χ4v) is 1.17. The minimum atomic E-state index is 0.0156. The molecule has 0 aromatic rings. The van der Waals surface area contributed by atoms with E-state index in [4.69, 9.17) is 5.73 Å². The van der Waals surface area contributed by atoms with Crippen LogP contribution in [0.1, 0.15) is 19.3 Å². The van der Waals surface area contributed by atoms with E-state index in [9.17, 15) is 0 Å². The first kappa shape index (κ1) is 6.56. The van der Waals surface area contributed by atoms with E-state index >= 15 is 0 Å². The Balaban J connectivity index is 2.44. The maximum absolute atomic E-state index is 5.94. The molecular weight excluding hydrogens is 110 g/mol. The summed E-state index contributed by atoms with van der Waals surface area (Å²) >= 11 is 0. The Labute approximate surface area is 56.2 Å². The molecule has 0 saturated heterocycles. The van der Waals surface area contributed by atoms with Gasteiger partial charge in [-0.3, -0.25) is 0 Å². The third kappa shape index (κ3) is 1.42. The van der Waals surface area contributed by atoms with Crippen LogP contribution in [0.15, 0.2) is 24.8 Å². The van der Waals surface area contributed by atoms with E-state index in [1.807, 2.05) is 6.08 Å². The summed E-state index contributed by atoms with van der Waals surface area (Å²) in [6.45, 7) is 3.66. The topological polar surface area (TPSA) is 26.0 Å². The maximum Gasteiger partial charge on any atom is 0.0258 e. The second-order valence-electron chi connectivity index (χ2n) is 2.73. The van der Waals surface area contributed by atoms with Crippen LogP contribution >= 0.6 is 0 Å². The van der Waals surface area contributed by atoms with Crippen LogP contribution in [0, 0.1) is 0 Å². The Morgan fingerprint density at radius 2 is 2.11 bits per heavy atom. The molecular formula is C8H13N. The van der Waals surface area contributed by atoms with Crippen molar-refractivity contribution in [2.24, 2.45) is 5.73 Å². The fourth-order valence-electron chi connectivity index (χ4n) is 1.17. The molecule has 9 heavy (non-hydrogen) atoms. The van der Waals surface area contributed by atoms with Crippen molar-refractivity contribution in [2.45, 2.75) is 24.8 Å². The van der Waals surface area contributed by atoms with Gasteiger partial charge < -0.3 is 5.73 Å². The SMILES string of the molecule is C=CCC1(N)CC=CC1. The summed E-state index contributed by atoms with van der Waals surface area (Å²) in [6, 6.07) is 0. The molecule has 0 unspecified atom stereocenters. The van der Waals surface area contributed by atoms with Gasteiger partial charge in [-0.2, -0.15) is 0 Å². The van der Waals surface area contributed by atoms with Crippen LogP contribution in [-0.2, 0) is 0 Å². The highest BCUT2D eigenvalue weighted by molar-refractivity contribution is 5.08. The number of nitrogens with two attached hydrogens (primary N) is 1. The van der Waals surface area contributed by atoms with Crippen molar-refractivity contribution in [3.63, 3.8) is 0 Å². The summed E-state index contributed by atoms with van der Waals surface area (Å²) in [6.07, 6.45) is 9.14. The molecule has 0 fully saturated rings. The van der Waals surface area contributed by atoms with E-state index in [1.165, 1.54) is 0 Å². The molecule has 2 N–H and O–H groups in total. The van der Waals surface area contributed by atoms with Crippen molar-refractivity contribution >= 4 is 0 Å². The first-order valence-electron chi connectivity index (χ1n) is 3.32. The monoisotopic (exact) mass is 123 g/mol. The van der Waals surface area contributed by atoms with Gasteiger partial charge in [-0.1, -0.05) is 18.2 Å². The van der Waals surface area contributed by atoms with E-state index in [2.05, 4.69) is 18.7 Å². The fraction of sp³-hybridized carbons (Fsp3) is 0.500. The summed E-state index contributed by atoms with van der Waals surface area (Å²) in [5.41, 5.74) is 5.95. The van der Waals surface area contributed by atoms with Crippen LogP contribution in [0.5, 0.6) is 0 Å².